The van der Waals surface area contributed by atoms with Crippen molar-refractivity contribution >= 4 is 39.2 Å². The van der Waals surface area contributed by atoms with E-state index in [1.54, 1.807) is 0 Å². The zero-order chi connectivity index (χ0) is 17.8. The van der Waals surface area contributed by atoms with Crippen LogP contribution in [0.2, 0.25) is 0 Å². The van der Waals surface area contributed by atoms with Crippen LogP contribution in [-0.4, -0.2) is 29.3 Å². The Labute approximate surface area is 154 Å². The van der Waals surface area contributed by atoms with Gasteiger partial charge in [0.2, 0.25) is 0 Å². The Morgan fingerprint density at radius 1 is 1.20 bits per heavy atom. The van der Waals surface area contributed by atoms with Crippen LogP contribution in [-0.2, 0) is 0 Å². The van der Waals surface area contributed by atoms with Gasteiger partial charge in [-0.25, -0.2) is 0 Å². The van der Waals surface area contributed by atoms with Crippen molar-refractivity contribution in [1.82, 2.24) is 0 Å². The molecule has 1 saturated heterocycles. The predicted octanol–water partition coefficient (Wildman–Crippen LogP) is 4.80. The number of rotatable bonds is 4. The van der Waals surface area contributed by atoms with Crippen molar-refractivity contribution in [2.45, 2.75) is 19.3 Å². The third-order valence-electron chi connectivity index (χ3n) is 4.21. The number of hydrogen-bond donors (Lipinski definition) is 1. The lowest BCUT2D eigenvalue weighted by Crippen LogP contribution is -2.29. The van der Waals surface area contributed by atoms with E-state index in [1.807, 2.05) is 24.3 Å². The molecule has 0 spiro atoms. The zero-order valence-electron chi connectivity index (χ0n) is 13.6. The van der Waals surface area contributed by atoms with Crippen LogP contribution >= 0.6 is 15.9 Å². The number of benzene rings is 2. The molecular formula is C18H18BrN3O3. The molecule has 130 valence electrons. The number of para-hydroxylation sites is 2. The van der Waals surface area contributed by atoms with E-state index in [4.69, 9.17) is 0 Å². The summed E-state index contributed by atoms with van der Waals surface area (Å²) in [5.74, 6) is -0.0650. The molecule has 1 N–H and O–H groups in total. The lowest BCUT2D eigenvalue weighted by molar-refractivity contribution is -0.385. The quantitative estimate of drug-likeness (QED) is 0.451. The molecule has 25 heavy (non-hydrogen) atoms. The highest BCUT2D eigenvalue weighted by molar-refractivity contribution is 9.10. The van der Waals surface area contributed by atoms with Crippen LogP contribution in [0.5, 0.6) is 5.75 Å². The molecule has 2 aromatic carbocycles. The van der Waals surface area contributed by atoms with Crippen LogP contribution in [0.3, 0.4) is 0 Å². The van der Waals surface area contributed by atoms with Gasteiger partial charge in [-0.1, -0.05) is 12.1 Å². The Balaban J connectivity index is 1.94. The maximum absolute atomic E-state index is 11.0. The van der Waals surface area contributed by atoms with Crippen molar-refractivity contribution in [3.05, 3.63) is 56.5 Å². The van der Waals surface area contributed by atoms with Crippen molar-refractivity contribution in [3.63, 3.8) is 0 Å². The monoisotopic (exact) mass is 403 g/mol. The zero-order valence-corrected chi connectivity index (χ0v) is 15.1. The number of phenolic OH excluding ortho intramolecular Hbond substituents is 1. The molecule has 0 aliphatic carbocycles. The number of nitro benzene ring substituents is 1. The lowest BCUT2D eigenvalue weighted by atomic mass is 10.1. The normalized spacial score (nSPS) is 14.8. The number of non-ortho nitro benzene ring substituents is 1. The first-order valence-corrected chi connectivity index (χ1v) is 8.90. The fourth-order valence-corrected chi connectivity index (χ4v) is 3.39. The van der Waals surface area contributed by atoms with E-state index < -0.39 is 4.92 Å². The van der Waals surface area contributed by atoms with E-state index in [9.17, 15) is 15.2 Å². The first kappa shape index (κ1) is 17.4. The fourth-order valence-electron chi connectivity index (χ4n) is 2.92. The summed E-state index contributed by atoms with van der Waals surface area (Å²) in [6.45, 7) is 2.00. The van der Waals surface area contributed by atoms with Gasteiger partial charge in [0, 0.05) is 37.0 Å². The third-order valence-corrected chi connectivity index (χ3v) is 4.81. The summed E-state index contributed by atoms with van der Waals surface area (Å²) in [5, 5.41) is 21.1. The summed E-state index contributed by atoms with van der Waals surface area (Å²) in [7, 11) is 0. The minimum atomic E-state index is -0.497. The molecule has 0 unspecified atom stereocenters. The van der Waals surface area contributed by atoms with Crippen LogP contribution in [0.4, 0.5) is 17.1 Å². The smallest absolute Gasteiger partial charge is 0.271 e. The molecule has 1 aliphatic rings. The number of anilines is 1. The molecule has 1 fully saturated rings. The second-order valence-electron chi connectivity index (χ2n) is 5.92. The maximum atomic E-state index is 11.0. The average Bonchev–Trinajstić information content (AvgIpc) is 2.63. The van der Waals surface area contributed by atoms with Crippen molar-refractivity contribution < 1.29 is 10.0 Å². The summed E-state index contributed by atoms with van der Waals surface area (Å²) >= 11 is 3.14. The largest absolute Gasteiger partial charge is 0.506 e. The Morgan fingerprint density at radius 3 is 2.64 bits per heavy atom. The van der Waals surface area contributed by atoms with Crippen LogP contribution in [0.1, 0.15) is 24.8 Å². The number of nitro groups is 1. The van der Waals surface area contributed by atoms with Crippen LogP contribution < -0.4 is 4.90 Å². The molecule has 0 saturated carbocycles. The van der Waals surface area contributed by atoms with E-state index in [0.29, 0.717) is 5.56 Å². The third kappa shape index (κ3) is 3.99. The number of nitrogens with zero attached hydrogens (tertiary/aromatic N) is 3. The van der Waals surface area contributed by atoms with Gasteiger partial charge in [0.25, 0.3) is 5.69 Å². The standard InChI is InChI=1S/C18H18BrN3O3/c19-15-11-14(22(24)25)10-13(18(15)23)12-20-16-6-2-3-7-17(16)21-8-4-1-5-9-21/h2-3,6-7,10-12,23H,1,4-5,8-9H2. The van der Waals surface area contributed by atoms with Crippen LogP contribution in [0.15, 0.2) is 45.9 Å². The predicted molar refractivity (Wildman–Crippen MR) is 102 cm³/mol. The topological polar surface area (TPSA) is 79.0 Å². The van der Waals surface area contributed by atoms with Gasteiger partial charge >= 0.3 is 0 Å². The number of aliphatic imine (C=N–C) groups is 1. The van der Waals surface area contributed by atoms with Crippen LogP contribution in [0, 0.1) is 10.1 Å². The highest BCUT2D eigenvalue weighted by atomic mass is 79.9. The van der Waals surface area contributed by atoms with Gasteiger partial charge in [0.05, 0.1) is 20.8 Å². The Kier molecular flexibility index (Phi) is 5.33. The number of halogens is 1. The van der Waals surface area contributed by atoms with Gasteiger partial charge in [-0.05, 0) is 47.3 Å². The average molecular weight is 404 g/mol. The van der Waals surface area contributed by atoms with Crippen molar-refractivity contribution in [2.75, 3.05) is 18.0 Å². The van der Waals surface area contributed by atoms with E-state index >= 15 is 0 Å². The van der Waals surface area contributed by atoms with Gasteiger partial charge in [0.15, 0.2) is 0 Å². The minimum absolute atomic E-state index is 0.0650. The number of piperidine rings is 1. The molecule has 0 atom stereocenters. The SMILES string of the molecule is O=[N+]([O-])c1cc(Br)c(O)c(C=Nc2ccccc2N2CCCCC2)c1. The Hall–Kier alpha value is -2.41. The van der Waals surface area contributed by atoms with Gasteiger partial charge in [-0.15, -0.1) is 0 Å². The van der Waals surface area contributed by atoms with Gasteiger partial charge < -0.3 is 10.0 Å². The first-order chi connectivity index (χ1) is 12.1. The second-order valence-corrected chi connectivity index (χ2v) is 6.77. The maximum Gasteiger partial charge on any atom is 0.271 e. The summed E-state index contributed by atoms with van der Waals surface area (Å²) in [5.41, 5.74) is 2.03. The molecule has 6 nitrogen and oxygen atoms in total. The summed E-state index contributed by atoms with van der Waals surface area (Å²) in [6.07, 6.45) is 5.04. The summed E-state index contributed by atoms with van der Waals surface area (Å²) in [4.78, 5) is 17.3. The number of aromatic hydroxyl groups is 1. The molecule has 0 radical (unpaired) electrons. The molecule has 0 amide bonds. The fraction of sp³-hybridized carbons (Fsp3) is 0.278. The van der Waals surface area contributed by atoms with Crippen molar-refractivity contribution in [1.29, 1.82) is 0 Å². The molecule has 0 aromatic heterocycles. The second kappa shape index (κ2) is 7.65. The molecule has 0 bridgehead atoms. The van der Waals surface area contributed by atoms with Gasteiger partial charge in [0.1, 0.15) is 5.75 Å². The molecule has 2 aromatic rings. The highest BCUT2D eigenvalue weighted by Gasteiger charge is 2.15. The highest BCUT2D eigenvalue weighted by Crippen LogP contribution is 2.34. The van der Waals surface area contributed by atoms with E-state index in [0.717, 1.165) is 37.3 Å². The van der Waals surface area contributed by atoms with E-state index in [-0.39, 0.29) is 15.9 Å². The molecule has 7 heteroatoms. The van der Waals surface area contributed by atoms with Crippen molar-refractivity contribution in [2.24, 2.45) is 4.99 Å². The summed E-state index contributed by atoms with van der Waals surface area (Å²) < 4.78 is 0.271. The molecule has 1 aliphatic heterocycles. The van der Waals surface area contributed by atoms with Gasteiger partial charge in [-0.3, -0.25) is 15.1 Å². The molecule has 1 heterocycles. The number of phenols is 1. The summed E-state index contributed by atoms with van der Waals surface area (Å²) in [6, 6.07) is 10.4. The van der Waals surface area contributed by atoms with Crippen molar-refractivity contribution in [3.8, 4) is 5.75 Å². The lowest BCUT2D eigenvalue weighted by Gasteiger charge is -2.29. The molecule has 3 rings (SSSR count). The number of hydrogen-bond acceptors (Lipinski definition) is 5. The van der Waals surface area contributed by atoms with Gasteiger partial charge in [-0.2, -0.15) is 0 Å². The van der Waals surface area contributed by atoms with E-state index in [1.165, 1.54) is 24.8 Å². The Morgan fingerprint density at radius 2 is 1.92 bits per heavy atom. The van der Waals surface area contributed by atoms with E-state index in [2.05, 4.69) is 25.8 Å². The Bertz CT molecular complexity index is 817. The first-order valence-electron chi connectivity index (χ1n) is 8.11. The minimum Gasteiger partial charge on any atom is -0.506 e. The van der Waals surface area contributed by atoms with Crippen LogP contribution in [0.25, 0.3) is 0 Å². The molecular weight excluding hydrogens is 386 g/mol.